The summed E-state index contributed by atoms with van der Waals surface area (Å²) in [6.07, 6.45) is 3.66. The summed E-state index contributed by atoms with van der Waals surface area (Å²) in [6, 6.07) is 17.9. The Labute approximate surface area is 145 Å². The number of fused-ring (bicyclic) bond motifs is 3. The average Bonchev–Trinajstić information content (AvgIpc) is 2.67. The topological polar surface area (TPSA) is 55.0 Å². The minimum atomic E-state index is -0.0958. The number of aromatic amines is 1. The number of nitrogens with one attached hydrogen (secondary N) is 1. The van der Waals surface area contributed by atoms with Gasteiger partial charge in [-0.2, -0.15) is 0 Å². The third kappa shape index (κ3) is 2.98. The van der Waals surface area contributed by atoms with Crippen LogP contribution in [0.15, 0.2) is 65.6 Å². The molecule has 4 heteroatoms. The van der Waals surface area contributed by atoms with Crippen LogP contribution in [0.1, 0.15) is 11.1 Å². The third-order valence-electron chi connectivity index (χ3n) is 4.50. The number of methoxy groups -OCH3 is 1. The Bertz CT molecular complexity index is 1100. The van der Waals surface area contributed by atoms with E-state index in [4.69, 9.17) is 4.74 Å². The molecule has 4 nitrogen and oxygen atoms in total. The van der Waals surface area contributed by atoms with Gasteiger partial charge in [0, 0.05) is 17.0 Å². The molecule has 0 unspecified atom stereocenters. The van der Waals surface area contributed by atoms with Gasteiger partial charge in [0.2, 0.25) is 0 Å². The van der Waals surface area contributed by atoms with Crippen LogP contribution in [0, 0.1) is 0 Å². The first-order valence-electron chi connectivity index (χ1n) is 8.27. The highest BCUT2D eigenvalue weighted by Crippen LogP contribution is 2.21. The Morgan fingerprint density at radius 3 is 2.40 bits per heavy atom. The zero-order valence-electron chi connectivity index (χ0n) is 14.0. The summed E-state index contributed by atoms with van der Waals surface area (Å²) in [6.45, 7) is 0. The third-order valence-corrected chi connectivity index (χ3v) is 4.50. The SMILES string of the molecule is COc1ccc(CCc2cnc3[nH]c(=O)c4ccccc4c3c2)cc1. The molecule has 0 aliphatic carbocycles. The van der Waals surface area contributed by atoms with Crippen molar-refractivity contribution >= 4 is 21.8 Å². The Kier molecular flexibility index (Phi) is 3.94. The predicted octanol–water partition coefficient (Wildman–Crippen LogP) is 3.87. The van der Waals surface area contributed by atoms with E-state index in [0.717, 1.165) is 34.9 Å². The maximum absolute atomic E-state index is 12.1. The van der Waals surface area contributed by atoms with Crippen molar-refractivity contribution in [2.75, 3.05) is 7.11 Å². The number of ether oxygens (including phenoxy) is 1. The maximum atomic E-state index is 12.1. The smallest absolute Gasteiger partial charge is 0.257 e. The summed E-state index contributed by atoms with van der Waals surface area (Å²) in [5.41, 5.74) is 2.95. The van der Waals surface area contributed by atoms with Crippen LogP contribution in [0.4, 0.5) is 0 Å². The monoisotopic (exact) mass is 330 g/mol. The summed E-state index contributed by atoms with van der Waals surface area (Å²) < 4.78 is 5.19. The standard InChI is InChI=1S/C21H18N2O2/c1-25-16-10-8-14(9-11-16)6-7-15-12-19-17-4-2-3-5-18(17)21(24)23-20(19)22-13-15/h2-5,8-13H,6-7H2,1H3,(H,22,23,24). The molecule has 25 heavy (non-hydrogen) atoms. The van der Waals surface area contributed by atoms with Crippen molar-refractivity contribution in [3.05, 3.63) is 82.3 Å². The fourth-order valence-electron chi connectivity index (χ4n) is 3.12. The lowest BCUT2D eigenvalue weighted by Gasteiger charge is -2.07. The van der Waals surface area contributed by atoms with Crippen LogP contribution in [0.25, 0.3) is 21.8 Å². The second-order valence-corrected chi connectivity index (χ2v) is 6.09. The van der Waals surface area contributed by atoms with E-state index in [2.05, 4.69) is 28.2 Å². The number of benzene rings is 2. The lowest BCUT2D eigenvalue weighted by Crippen LogP contribution is -2.07. The number of pyridine rings is 2. The van der Waals surface area contributed by atoms with Crippen molar-refractivity contribution in [1.29, 1.82) is 0 Å². The highest BCUT2D eigenvalue weighted by molar-refractivity contribution is 6.04. The zero-order valence-corrected chi connectivity index (χ0v) is 14.0. The Hall–Kier alpha value is -3.14. The summed E-state index contributed by atoms with van der Waals surface area (Å²) in [7, 11) is 1.67. The van der Waals surface area contributed by atoms with E-state index in [1.54, 1.807) is 7.11 Å². The largest absolute Gasteiger partial charge is 0.497 e. The molecule has 0 saturated heterocycles. The molecule has 124 valence electrons. The van der Waals surface area contributed by atoms with Gasteiger partial charge in [0.15, 0.2) is 0 Å². The molecular formula is C21H18N2O2. The molecule has 0 aliphatic rings. The van der Waals surface area contributed by atoms with Crippen LogP contribution >= 0.6 is 0 Å². The van der Waals surface area contributed by atoms with Gasteiger partial charge in [-0.3, -0.25) is 4.79 Å². The van der Waals surface area contributed by atoms with E-state index < -0.39 is 0 Å². The molecule has 4 aromatic rings. The molecule has 0 spiro atoms. The molecule has 2 aromatic carbocycles. The van der Waals surface area contributed by atoms with Crippen molar-refractivity contribution in [3.63, 3.8) is 0 Å². The first-order chi connectivity index (χ1) is 12.2. The summed E-state index contributed by atoms with van der Waals surface area (Å²) in [5, 5.41) is 2.63. The molecule has 0 bridgehead atoms. The fourth-order valence-corrected chi connectivity index (χ4v) is 3.12. The fraction of sp³-hybridized carbons (Fsp3) is 0.143. The lowest BCUT2D eigenvalue weighted by molar-refractivity contribution is 0.414. The maximum Gasteiger partial charge on any atom is 0.257 e. The van der Waals surface area contributed by atoms with Crippen LogP contribution in [0.2, 0.25) is 0 Å². The number of rotatable bonds is 4. The normalized spacial score (nSPS) is 11.1. The van der Waals surface area contributed by atoms with Crippen LogP contribution in [0.5, 0.6) is 5.75 Å². The molecule has 4 rings (SSSR count). The van der Waals surface area contributed by atoms with Crippen molar-refractivity contribution in [1.82, 2.24) is 9.97 Å². The molecule has 0 atom stereocenters. The molecule has 0 fully saturated rings. The van der Waals surface area contributed by atoms with E-state index in [1.807, 2.05) is 42.6 Å². The van der Waals surface area contributed by atoms with Crippen molar-refractivity contribution in [2.24, 2.45) is 0 Å². The van der Waals surface area contributed by atoms with Crippen LogP contribution in [-0.2, 0) is 12.8 Å². The second kappa shape index (κ2) is 6.40. The van der Waals surface area contributed by atoms with Crippen molar-refractivity contribution < 1.29 is 4.74 Å². The molecule has 1 N–H and O–H groups in total. The summed E-state index contributed by atoms with van der Waals surface area (Å²) in [5.74, 6) is 0.867. The van der Waals surface area contributed by atoms with Crippen LogP contribution < -0.4 is 10.3 Å². The van der Waals surface area contributed by atoms with Crippen LogP contribution in [-0.4, -0.2) is 17.1 Å². The highest BCUT2D eigenvalue weighted by atomic mass is 16.5. The van der Waals surface area contributed by atoms with E-state index in [-0.39, 0.29) is 5.56 Å². The van der Waals surface area contributed by atoms with Gasteiger partial charge >= 0.3 is 0 Å². The second-order valence-electron chi connectivity index (χ2n) is 6.09. The molecule has 2 heterocycles. The van der Waals surface area contributed by atoms with E-state index in [1.165, 1.54) is 5.56 Å². The Morgan fingerprint density at radius 1 is 0.920 bits per heavy atom. The number of H-pyrrole nitrogens is 1. The molecule has 0 radical (unpaired) electrons. The average molecular weight is 330 g/mol. The minimum absolute atomic E-state index is 0.0958. The number of hydrogen-bond donors (Lipinski definition) is 1. The van der Waals surface area contributed by atoms with Gasteiger partial charge in [-0.15, -0.1) is 0 Å². The quantitative estimate of drug-likeness (QED) is 0.578. The highest BCUT2D eigenvalue weighted by Gasteiger charge is 2.07. The van der Waals surface area contributed by atoms with Crippen LogP contribution in [0.3, 0.4) is 0 Å². The first kappa shape index (κ1) is 15.4. The van der Waals surface area contributed by atoms with Gasteiger partial charge in [-0.1, -0.05) is 30.3 Å². The van der Waals surface area contributed by atoms with Gasteiger partial charge < -0.3 is 9.72 Å². The number of aromatic nitrogens is 2. The summed E-state index contributed by atoms with van der Waals surface area (Å²) in [4.78, 5) is 19.5. The van der Waals surface area contributed by atoms with E-state index in [9.17, 15) is 4.79 Å². The molecule has 0 aliphatic heterocycles. The molecule has 2 aromatic heterocycles. The van der Waals surface area contributed by atoms with Gasteiger partial charge in [0.05, 0.1) is 7.11 Å². The van der Waals surface area contributed by atoms with Gasteiger partial charge in [0.1, 0.15) is 11.4 Å². The van der Waals surface area contributed by atoms with Crippen molar-refractivity contribution in [2.45, 2.75) is 12.8 Å². The Morgan fingerprint density at radius 2 is 1.64 bits per heavy atom. The lowest BCUT2D eigenvalue weighted by atomic mass is 10.0. The van der Waals surface area contributed by atoms with Crippen molar-refractivity contribution in [3.8, 4) is 5.75 Å². The first-order valence-corrected chi connectivity index (χ1v) is 8.27. The van der Waals surface area contributed by atoms with E-state index >= 15 is 0 Å². The minimum Gasteiger partial charge on any atom is -0.497 e. The zero-order chi connectivity index (χ0) is 17.2. The number of nitrogens with zero attached hydrogens (tertiary/aromatic N) is 1. The molecular weight excluding hydrogens is 312 g/mol. The number of aryl methyl sites for hydroxylation is 2. The molecule has 0 saturated carbocycles. The van der Waals surface area contributed by atoms with E-state index in [0.29, 0.717) is 11.0 Å². The van der Waals surface area contributed by atoms with Gasteiger partial charge in [-0.25, -0.2) is 4.98 Å². The number of hydrogen-bond acceptors (Lipinski definition) is 3. The van der Waals surface area contributed by atoms with Gasteiger partial charge in [0.25, 0.3) is 5.56 Å². The molecule has 0 amide bonds. The predicted molar refractivity (Wildman–Crippen MR) is 100 cm³/mol. The van der Waals surface area contributed by atoms with Gasteiger partial charge in [-0.05, 0) is 53.6 Å². The Balaban J connectivity index is 1.67. The summed E-state index contributed by atoms with van der Waals surface area (Å²) >= 11 is 0.